The number of unbranched alkanes of at least 4 members (excludes halogenated alkanes) is 1. The van der Waals surface area contributed by atoms with Gasteiger partial charge >= 0.3 is 10.2 Å². The number of benzene rings is 1. The van der Waals surface area contributed by atoms with Crippen molar-refractivity contribution in [1.29, 1.82) is 0 Å². The van der Waals surface area contributed by atoms with Crippen LogP contribution in [0.1, 0.15) is 25.3 Å². The molecule has 120 valence electrons. The summed E-state index contributed by atoms with van der Waals surface area (Å²) < 4.78 is 28.8. The Balaban J connectivity index is 2.04. The summed E-state index contributed by atoms with van der Waals surface area (Å²) in [6.45, 7) is 2.90. The SMILES string of the molecule is CCCCN1C(NCCc2ccccc2)=NC(N)=NS1(=O)=O. The molecule has 0 aliphatic carbocycles. The molecular weight excluding hydrogens is 302 g/mol. The molecule has 22 heavy (non-hydrogen) atoms. The molecule has 0 aromatic heterocycles. The Kier molecular flexibility index (Phi) is 5.37. The van der Waals surface area contributed by atoms with E-state index < -0.39 is 10.2 Å². The summed E-state index contributed by atoms with van der Waals surface area (Å²) in [5.41, 5.74) is 6.65. The zero-order chi connectivity index (χ0) is 16.0. The molecule has 2 rings (SSSR count). The summed E-state index contributed by atoms with van der Waals surface area (Å²) >= 11 is 0. The highest BCUT2D eigenvalue weighted by Crippen LogP contribution is 2.11. The molecule has 0 atom stereocenters. The van der Waals surface area contributed by atoms with Crippen LogP contribution in [-0.4, -0.2) is 37.7 Å². The first-order chi connectivity index (χ1) is 10.5. The van der Waals surface area contributed by atoms with Gasteiger partial charge in [-0.3, -0.25) is 0 Å². The topological polar surface area (TPSA) is 100 Å². The summed E-state index contributed by atoms with van der Waals surface area (Å²) in [7, 11) is -3.79. The van der Waals surface area contributed by atoms with Crippen molar-refractivity contribution in [2.45, 2.75) is 26.2 Å². The minimum Gasteiger partial charge on any atom is -0.367 e. The third kappa shape index (κ3) is 4.20. The molecule has 1 aliphatic rings. The lowest BCUT2D eigenvalue weighted by Gasteiger charge is -2.26. The Hall–Kier alpha value is -2.09. The highest BCUT2D eigenvalue weighted by Gasteiger charge is 2.28. The maximum atomic E-state index is 12.1. The highest BCUT2D eigenvalue weighted by molar-refractivity contribution is 7.88. The lowest BCUT2D eigenvalue weighted by molar-refractivity contribution is 0.499. The first-order valence-corrected chi connectivity index (χ1v) is 8.67. The first-order valence-electron chi connectivity index (χ1n) is 7.27. The molecule has 7 nitrogen and oxygen atoms in total. The second-order valence-electron chi connectivity index (χ2n) is 4.95. The maximum absolute atomic E-state index is 12.1. The third-order valence-electron chi connectivity index (χ3n) is 3.20. The fourth-order valence-electron chi connectivity index (χ4n) is 2.08. The van der Waals surface area contributed by atoms with Gasteiger partial charge in [0.15, 0.2) is 0 Å². The molecule has 0 saturated heterocycles. The lowest BCUT2D eigenvalue weighted by atomic mass is 10.1. The smallest absolute Gasteiger partial charge is 0.350 e. The van der Waals surface area contributed by atoms with E-state index >= 15 is 0 Å². The average molecular weight is 323 g/mol. The van der Waals surface area contributed by atoms with E-state index in [0.29, 0.717) is 13.1 Å². The Morgan fingerprint density at radius 3 is 2.68 bits per heavy atom. The minimum atomic E-state index is -3.79. The number of rotatable bonds is 6. The van der Waals surface area contributed by atoms with Crippen molar-refractivity contribution in [3.8, 4) is 0 Å². The molecule has 1 aliphatic heterocycles. The summed E-state index contributed by atoms with van der Waals surface area (Å²) in [5.74, 6) is 0.00633. The number of nitrogens with zero attached hydrogens (tertiary/aromatic N) is 3. The fourth-order valence-corrected chi connectivity index (χ4v) is 3.13. The van der Waals surface area contributed by atoms with Gasteiger partial charge in [-0.25, -0.2) is 4.31 Å². The number of nitrogens with two attached hydrogens (primary N) is 1. The van der Waals surface area contributed by atoms with Gasteiger partial charge in [-0.2, -0.15) is 13.4 Å². The van der Waals surface area contributed by atoms with Crippen molar-refractivity contribution in [2.24, 2.45) is 15.1 Å². The van der Waals surface area contributed by atoms with Gasteiger partial charge in [-0.1, -0.05) is 43.7 Å². The van der Waals surface area contributed by atoms with Crippen LogP contribution in [0.5, 0.6) is 0 Å². The van der Waals surface area contributed by atoms with Crippen LogP contribution in [0.2, 0.25) is 0 Å². The zero-order valence-corrected chi connectivity index (χ0v) is 13.4. The molecule has 1 aromatic carbocycles. The molecule has 3 N–H and O–H groups in total. The molecule has 0 amide bonds. The van der Waals surface area contributed by atoms with Crippen molar-refractivity contribution in [1.82, 2.24) is 9.62 Å². The van der Waals surface area contributed by atoms with Crippen molar-refractivity contribution in [3.63, 3.8) is 0 Å². The molecule has 8 heteroatoms. The molecule has 1 heterocycles. The number of aliphatic imine (C=N–C) groups is 1. The predicted octanol–water partition coefficient (Wildman–Crippen LogP) is 0.850. The van der Waals surface area contributed by atoms with Crippen LogP contribution in [0.3, 0.4) is 0 Å². The van der Waals surface area contributed by atoms with E-state index in [-0.39, 0.29) is 11.9 Å². The number of guanidine groups is 2. The molecule has 0 radical (unpaired) electrons. The van der Waals surface area contributed by atoms with Gasteiger partial charge < -0.3 is 11.1 Å². The van der Waals surface area contributed by atoms with Crippen LogP contribution < -0.4 is 11.1 Å². The Morgan fingerprint density at radius 2 is 2.00 bits per heavy atom. The van der Waals surface area contributed by atoms with Gasteiger partial charge in [0, 0.05) is 13.1 Å². The number of nitrogens with one attached hydrogen (secondary N) is 1. The van der Waals surface area contributed by atoms with Crippen LogP contribution >= 0.6 is 0 Å². The van der Waals surface area contributed by atoms with E-state index in [1.807, 2.05) is 37.3 Å². The van der Waals surface area contributed by atoms with Gasteiger partial charge in [0.25, 0.3) is 0 Å². The molecule has 0 saturated carbocycles. The Morgan fingerprint density at radius 1 is 1.27 bits per heavy atom. The van der Waals surface area contributed by atoms with Gasteiger partial charge in [0.1, 0.15) is 0 Å². The summed E-state index contributed by atoms with van der Waals surface area (Å²) in [6.07, 6.45) is 2.37. The van der Waals surface area contributed by atoms with Crippen LogP contribution in [0, 0.1) is 0 Å². The zero-order valence-electron chi connectivity index (χ0n) is 12.6. The van der Waals surface area contributed by atoms with E-state index in [9.17, 15) is 8.42 Å². The van der Waals surface area contributed by atoms with Crippen molar-refractivity contribution >= 4 is 22.1 Å². The van der Waals surface area contributed by atoms with E-state index in [2.05, 4.69) is 14.7 Å². The molecule has 0 fully saturated rings. The predicted molar refractivity (Wildman–Crippen MR) is 87.7 cm³/mol. The first kappa shape index (κ1) is 16.3. The second-order valence-corrected chi connectivity index (χ2v) is 6.47. The minimum absolute atomic E-state index is 0.241. The van der Waals surface area contributed by atoms with E-state index in [4.69, 9.17) is 5.73 Å². The molecule has 0 spiro atoms. The monoisotopic (exact) mass is 323 g/mol. The number of hydrogen-bond acceptors (Lipinski definition) is 5. The van der Waals surface area contributed by atoms with Crippen LogP contribution in [-0.2, 0) is 16.6 Å². The van der Waals surface area contributed by atoms with Crippen LogP contribution in [0.15, 0.2) is 39.7 Å². The lowest BCUT2D eigenvalue weighted by Crippen LogP contribution is -2.48. The van der Waals surface area contributed by atoms with E-state index in [0.717, 1.165) is 24.8 Å². The number of hydrogen-bond donors (Lipinski definition) is 2. The van der Waals surface area contributed by atoms with Gasteiger partial charge in [0.05, 0.1) is 0 Å². The molecule has 1 aromatic rings. The molecule has 0 unspecified atom stereocenters. The second kappa shape index (κ2) is 7.26. The van der Waals surface area contributed by atoms with E-state index in [1.165, 1.54) is 4.31 Å². The highest BCUT2D eigenvalue weighted by atomic mass is 32.2. The molecular formula is C14H21N5O2S. The Labute approximate surface area is 131 Å². The Bertz CT molecular complexity index is 655. The van der Waals surface area contributed by atoms with Gasteiger partial charge in [-0.05, 0) is 18.4 Å². The largest absolute Gasteiger partial charge is 0.367 e. The summed E-state index contributed by atoms with van der Waals surface area (Å²) in [4.78, 5) is 4.02. The fraction of sp³-hybridized carbons (Fsp3) is 0.429. The van der Waals surface area contributed by atoms with Crippen LogP contribution in [0.4, 0.5) is 0 Å². The van der Waals surface area contributed by atoms with Crippen molar-refractivity contribution in [3.05, 3.63) is 35.9 Å². The third-order valence-corrected chi connectivity index (χ3v) is 4.53. The molecule has 0 bridgehead atoms. The van der Waals surface area contributed by atoms with Crippen LogP contribution in [0.25, 0.3) is 0 Å². The van der Waals surface area contributed by atoms with Gasteiger partial charge in [-0.15, -0.1) is 4.40 Å². The van der Waals surface area contributed by atoms with Crippen molar-refractivity contribution < 1.29 is 8.42 Å². The summed E-state index contributed by atoms with van der Waals surface area (Å²) in [6, 6.07) is 9.93. The average Bonchev–Trinajstić information content (AvgIpc) is 2.46. The van der Waals surface area contributed by atoms with E-state index in [1.54, 1.807) is 0 Å². The maximum Gasteiger partial charge on any atom is 0.350 e. The standard InChI is InChI=1S/C14H21N5O2S/c1-2-3-11-19-14(17-13(15)18-22(19,20)21)16-10-9-12-7-5-4-6-8-12/h4-8H,2-3,9-11H2,1H3,(H3,15,16,17,18). The summed E-state index contributed by atoms with van der Waals surface area (Å²) in [5, 5.41) is 3.05. The van der Waals surface area contributed by atoms with Gasteiger partial charge in [0.2, 0.25) is 11.9 Å². The quantitative estimate of drug-likeness (QED) is 0.810. The normalized spacial score (nSPS) is 16.9. The van der Waals surface area contributed by atoms with Crippen molar-refractivity contribution in [2.75, 3.05) is 13.1 Å².